The zero-order valence-electron chi connectivity index (χ0n) is 10.4. The van der Waals surface area contributed by atoms with Crippen LogP contribution in [0.3, 0.4) is 0 Å². The molecule has 0 radical (unpaired) electrons. The number of hydrogen-bond donors (Lipinski definition) is 2. The summed E-state index contributed by atoms with van der Waals surface area (Å²) in [5.74, 6) is -1.31. The quantitative estimate of drug-likeness (QED) is 0.852. The Kier molecular flexibility index (Phi) is 3.95. The highest BCUT2D eigenvalue weighted by Crippen LogP contribution is 2.38. The zero-order valence-corrected chi connectivity index (χ0v) is 12.0. The number of nitrogens with two attached hydrogens (primary N) is 1. The third-order valence-electron chi connectivity index (χ3n) is 2.84. The number of halogens is 4. The molecule has 2 aromatic carbocycles. The van der Waals surface area contributed by atoms with Crippen molar-refractivity contribution in [2.24, 2.45) is 5.73 Å². The van der Waals surface area contributed by atoms with Gasteiger partial charge in [-0.15, -0.1) is 0 Å². The van der Waals surface area contributed by atoms with E-state index in [2.05, 4.69) is 15.9 Å². The van der Waals surface area contributed by atoms with Crippen LogP contribution >= 0.6 is 15.9 Å². The van der Waals surface area contributed by atoms with Crippen molar-refractivity contribution < 1.29 is 23.1 Å². The second-order valence-electron chi connectivity index (χ2n) is 4.29. The fourth-order valence-corrected chi connectivity index (χ4v) is 2.38. The SMILES string of the molecule is NC(=O)c1cccc(-c2cc(Br)cc(C(F)(F)F)c2)c1O. The highest BCUT2D eigenvalue weighted by Gasteiger charge is 2.31. The first-order chi connectivity index (χ1) is 9.70. The molecule has 0 atom stereocenters. The molecule has 2 rings (SSSR count). The number of primary amides is 1. The first kappa shape index (κ1) is 15.4. The van der Waals surface area contributed by atoms with Crippen molar-refractivity contribution in [2.75, 3.05) is 0 Å². The number of para-hydroxylation sites is 1. The monoisotopic (exact) mass is 359 g/mol. The van der Waals surface area contributed by atoms with Gasteiger partial charge in [0, 0.05) is 10.0 Å². The van der Waals surface area contributed by atoms with Crippen LogP contribution in [0.25, 0.3) is 11.1 Å². The number of hydrogen-bond acceptors (Lipinski definition) is 2. The van der Waals surface area contributed by atoms with Crippen molar-refractivity contribution in [1.29, 1.82) is 0 Å². The first-order valence-corrected chi connectivity index (χ1v) is 6.49. The van der Waals surface area contributed by atoms with Gasteiger partial charge in [-0.05, 0) is 29.8 Å². The molecule has 0 fully saturated rings. The lowest BCUT2D eigenvalue weighted by Crippen LogP contribution is -2.11. The van der Waals surface area contributed by atoms with E-state index in [0.717, 1.165) is 12.1 Å². The van der Waals surface area contributed by atoms with Gasteiger partial charge in [0.1, 0.15) is 5.75 Å². The van der Waals surface area contributed by atoms with E-state index in [9.17, 15) is 23.1 Å². The van der Waals surface area contributed by atoms with E-state index in [1.807, 2.05) is 0 Å². The molecule has 0 aliphatic rings. The van der Waals surface area contributed by atoms with Gasteiger partial charge in [0.05, 0.1) is 11.1 Å². The molecular weight excluding hydrogens is 351 g/mol. The van der Waals surface area contributed by atoms with Crippen LogP contribution in [-0.2, 0) is 6.18 Å². The van der Waals surface area contributed by atoms with Gasteiger partial charge in [0.2, 0.25) is 0 Å². The molecule has 0 aliphatic heterocycles. The van der Waals surface area contributed by atoms with Crippen LogP contribution in [0.4, 0.5) is 13.2 Å². The van der Waals surface area contributed by atoms with Crippen LogP contribution in [-0.4, -0.2) is 11.0 Å². The summed E-state index contributed by atoms with van der Waals surface area (Å²) in [4.78, 5) is 11.2. The van der Waals surface area contributed by atoms with Crippen molar-refractivity contribution in [3.05, 3.63) is 52.0 Å². The molecule has 3 N–H and O–H groups in total. The normalized spacial score (nSPS) is 11.4. The molecule has 0 aromatic heterocycles. The Morgan fingerprint density at radius 2 is 1.86 bits per heavy atom. The summed E-state index contributed by atoms with van der Waals surface area (Å²) in [5, 5.41) is 10.00. The van der Waals surface area contributed by atoms with E-state index in [1.54, 1.807) is 0 Å². The van der Waals surface area contributed by atoms with E-state index in [4.69, 9.17) is 5.73 Å². The molecule has 0 unspecified atom stereocenters. The Balaban J connectivity index is 2.65. The third kappa shape index (κ3) is 3.18. The average Bonchev–Trinajstić information content (AvgIpc) is 2.36. The highest BCUT2D eigenvalue weighted by molar-refractivity contribution is 9.10. The van der Waals surface area contributed by atoms with Gasteiger partial charge in [-0.3, -0.25) is 4.79 Å². The molecule has 0 heterocycles. The largest absolute Gasteiger partial charge is 0.506 e. The minimum atomic E-state index is -4.52. The van der Waals surface area contributed by atoms with Crippen LogP contribution in [0.5, 0.6) is 5.75 Å². The molecule has 0 spiro atoms. The molecule has 2 aromatic rings. The molecule has 0 saturated heterocycles. The Morgan fingerprint density at radius 1 is 1.19 bits per heavy atom. The lowest BCUT2D eigenvalue weighted by molar-refractivity contribution is -0.137. The Labute approximate surface area is 126 Å². The van der Waals surface area contributed by atoms with Gasteiger partial charge < -0.3 is 10.8 Å². The predicted octanol–water partition coefficient (Wildman–Crippen LogP) is 3.94. The number of rotatable bonds is 2. The minimum absolute atomic E-state index is 0.0955. The predicted molar refractivity (Wildman–Crippen MR) is 74.8 cm³/mol. The molecule has 0 saturated carbocycles. The van der Waals surface area contributed by atoms with Gasteiger partial charge in [-0.25, -0.2) is 0 Å². The van der Waals surface area contributed by atoms with Crippen LogP contribution < -0.4 is 5.73 Å². The van der Waals surface area contributed by atoms with E-state index >= 15 is 0 Å². The van der Waals surface area contributed by atoms with Crippen molar-refractivity contribution in [3.63, 3.8) is 0 Å². The van der Waals surface area contributed by atoms with Crippen LogP contribution in [0, 0.1) is 0 Å². The molecule has 0 aliphatic carbocycles. The maximum absolute atomic E-state index is 12.8. The van der Waals surface area contributed by atoms with Gasteiger partial charge in [0.15, 0.2) is 0 Å². The Morgan fingerprint density at radius 3 is 2.43 bits per heavy atom. The second kappa shape index (κ2) is 5.40. The summed E-state index contributed by atoms with van der Waals surface area (Å²) in [5.41, 5.74) is 4.30. The number of alkyl halides is 3. The lowest BCUT2D eigenvalue weighted by atomic mass is 9.99. The maximum Gasteiger partial charge on any atom is 0.416 e. The number of carbonyl (C=O) groups is 1. The maximum atomic E-state index is 12.8. The van der Waals surface area contributed by atoms with Gasteiger partial charge >= 0.3 is 6.18 Å². The van der Waals surface area contributed by atoms with Crippen molar-refractivity contribution in [1.82, 2.24) is 0 Å². The van der Waals surface area contributed by atoms with Crippen molar-refractivity contribution >= 4 is 21.8 Å². The summed E-state index contributed by atoms with van der Waals surface area (Å²) in [7, 11) is 0. The fourth-order valence-electron chi connectivity index (χ4n) is 1.88. The number of carbonyl (C=O) groups excluding carboxylic acids is 1. The summed E-state index contributed by atoms with van der Waals surface area (Å²) in [6, 6.07) is 7.37. The van der Waals surface area contributed by atoms with Gasteiger partial charge in [-0.2, -0.15) is 13.2 Å². The summed E-state index contributed by atoms with van der Waals surface area (Å²) in [6.45, 7) is 0. The Hall–Kier alpha value is -2.02. The van der Waals surface area contributed by atoms with Crippen LogP contribution in [0.2, 0.25) is 0 Å². The van der Waals surface area contributed by atoms with Gasteiger partial charge in [-0.1, -0.05) is 28.1 Å². The van der Waals surface area contributed by atoms with Crippen LogP contribution in [0.1, 0.15) is 15.9 Å². The molecule has 110 valence electrons. The highest BCUT2D eigenvalue weighted by atomic mass is 79.9. The van der Waals surface area contributed by atoms with Crippen LogP contribution in [0.15, 0.2) is 40.9 Å². The van der Waals surface area contributed by atoms with E-state index in [0.29, 0.717) is 0 Å². The van der Waals surface area contributed by atoms with Crippen molar-refractivity contribution in [3.8, 4) is 16.9 Å². The zero-order chi connectivity index (χ0) is 15.8. The average molecular weight is 360 g/mol. The summed E-state index contributed by atoms with van der Waals surface area (Å²) < 4.78 is 38.6. The number of phenols is 1. The van der Waals surface area contributed by atoms with E-state index < -0.39 is 23.4 Å². The second-order valence-corrected chi connectivity index (χ2v) is 5.21. The van der Waals surface area contributed by atoms with E-state index in [-0.39, 0.29) is 21.2 Å². The number of aromatic hydroxyl groups is 1. The lowest BCUT2D eigenvalue weighted by Gasteiger charge is -2.12. The van der Waals surface area contributed by atoms with E-state index in [1.165, 1.54) is 24.3 Å². The minimum Gasteiger partial charge on any atom is -0.506 e. The summed E-state index contributed by atoms with van der Waals surface area (Å²) >= 11 is 3.00. The Bertz CT molecular complexity index is 714. The van der Waals surface area contributed by atoms with Crippen molar-refractivity contribution in [2.45, 2.75) is 6.18 Å². The molecule has 7 heteroatoms. The topological polar surface area (TPSA) is 63.3 Å². The summed E-state index contributed by atoms with van der Waals surface area (Å²) in [6.07, 6.45) is -4.52. The molecule has 3 nitrogen and oxygen atoms in total. The molecule has 21 heavy (non-hydrogen) atoms. The molecular formula is C14H9BrF3NO2. The number of benzene rings is 2. The standard InChI is InChI=1S/C14H9BrF3NO2/c15-9-5-7(4-8(6-9)14(16,17)18)10-2-1-3-11(12(10)20)13(19)21/h1-6,20H,(H2,19,21). The molecule has 1 amide bonds. The first-order valence-electron chi connectivity index (χ1n) is 5.70. The smallest absolute Gasteiger partial charge is 0.416 e. The molecule has 0 bridgehead atoms. The number of amides is 1. The van der Waals surface area contributed by atoms with Gasteiger partial charge in [0.25, 0.3) is 5.91 Å². The third-order valence-corrected chi connectivity index (χ3v) is 3.30. The fraction of sp³-hybridized carbons (Fsp3) is 0.0714.